The molecule has 0 atom stereocenters. The van der Waals surface area contributed by atoms with Crippen molar-refractivity contribution in [2.24, 2.45) is 7.05 Å². The van der Waals surface area contributed by atoms with E-state index in [4.69, 9.17) is 0 Å². The van der Waals surface area contributed by atoms with E-state index in [0.717, 1.165) is 44.3 Å². The highest BCUT2D eigenvalue weighted by Crippen LogP contribution is 2.34. The predicted molar refractivity (Wildman–Crippen MR) is 126 cm³/mol. The van der Waals surface area contributed by atoms with Gasteiger partial charge in [0.1, 0.15) is 5.82 Å². The van der Waals surface area contributed by atoms with Gasteiger partial charge in [-0.05, 0) is 66.8 Å². The fourth-order valence-electron chi connectivity index (χ4n) is 4.65. The van der Waals surface area contributed by atoms with Crippen LogP contribution in [0.5, 0.6) is 0 Å². The van der Waals surface area contributed by atoms with Crippen LogP contribution < -0.4 is 0 Å². The first-order valence-corrected chi connectivity index (χ1v) is 11.0. The van der Waals surface area contributed by atoms with E-state index in [1.54, 1.807) is 35.6 Å². The first-order chi connectivity index (χ1) is 15.6. The fourth-order valence-corrected chi connectivity index (χ4v) is 4.65. The second kappa shape index (κ2) is 7.52. The number of aliphatic hydroxyl groups is 1. The van der Waals surface area contributed by atoms with E-state index in [0.29, 0.717) is 13.1 Å². The molecule has 0 spiro atoms. The average Bonchev–Trinajstić information content (AvgIpc) is 3.27. The maximum Gasteiger partial charge on any atom is 0.257 e. The van der Waals surface area contributed by atoms with Crippen molar-refractivity contribution in [3.63, 3.8) is 0 Å². The normalized spacial score (nSPS) is 13.8. The molecule has 1 aromatic heterocycles. The molecule has 6 heteroatoms. The molecule has 0 unspecified atom stereocenters. The van der Waals surface area contributed by atoms with Gasteiger partial charge >= 0.3 is 0 Å². The zero-order chi connectivity index (χ0) is 23.5. The Labute approximate surface area is 192 Å². The third-order valence-corrected chi connectivity index (χ3v) is 6.38. The maximum absolute atomic E-state index is 14.1. The summed E-state index contributed by atoms with van der Waals surface area (Å²) in [5.74, 6) is -0.719. The van der Waals surface area contributed by atoms with E-state index in [1.165, 1.54) is 6.07 Å². The van der Waals surface area contributed by atoms with Crippen molar-refractivity contribution in [2.75, 3.05) is 0 Å². The highest BCUT2D eigenvalue weighted by Gasteiger charge is 2.30. The Hall–Kier alpha value is -3.51. The molecule has 0 aliphatic carbocycles. The summed E-state index contributed by atoms with van der Waals surface area (Å²) >= 11 is 0. The third kappa shape index (κ3) is 3.70. The number of nitrogens with zero attached hydrogens (tertiary/aromatic N) is 3. The summed E-state index contributed by atoms with van der Waals surface area (Å²) in [5, 5.41) is 16.2. The molecule has 1 amide bonds. The van der Waals surface area contributed by atoms with Crippen molar-refractivity contribution in [3.05, 3.63) is 88.4 Å². The summed E-state index contributed by atoms with van der Waals surface area (Å²) in [6.07, 6.45) is 1.95. The van der Waals surface area contributed by atoms with Crippen molar-refractivity contribution in [3.8, 4) is 11.1 Å². The molecule has 0 fully saturated rings. The Morgan fingerprint density at radius 1 is 1.12 bits per heavy atom. The second-order valence-electron chi connectivity index (χ2n) is 9.40. The lowest BCUT2D eigenvalue weighted by atomic mass is 9.91. The van der Waals surface area contributed by atoms with Gasteiger partial charge in [-0.1, -0.05) is 30.3 Å². The van der Waals surface area contributed by atoms with Crippen molar-refractivity contribution in [1.29, 1.82) is 0 Å². The number of rotatable bonds is 4. The summed E-state index contributed by atoms with van der Waals surface area (Å²) < 4.78 is 15.9. The Bertz CT molecular complexity index is 1420. The van der Waals surface area contributed by atoms with E-state index in [1.807, 2.05) is 38.4 Å². The van der Waals surface area contributed by atoms with Gasteiger partial charge in [-0.15, -0.1) is 0 Å². The van der Waals surface area contributed by atoms with E-state index in [9.17, 15) is 14.3 Å². The van der Waals surface area contributed by atoms with Crippen molar-refractivity contribution in [2.45, 2.75) is 39.5 Å². The molecular formula is C27H26FN3O2. The minimum absolute atomic E-state index is 0.190. The maximum atomic E-state index is 14.1. The first-order valence-electron chi connectivity index (χ1n) is 11.0. The molecule has 4 aromatic rings. The minimum Gasteiger partial charge on any atom is -0.386 e. The third-order valence-electron chi connectivity index (χ3n) is 6.38. The van der Waals surface area contributed by atoms with E-state index in [2.05, 4.69) is 17.2 Å². The van der Waals surface area contributed by atoms with Crippen molar-refractivity contribution in [1.82, 2.24) is 14.7 Å². The number of aromatic nitrogens is 2. The fraction of sp³-hybridized carbons (Fsp3) is 0.259. The van der Waals surface area contributed by atoms with Crippen LogP contribution in [0, 0.1) is 12.7 Å². The van der Waals surface area contributed by atoms with Crippen LogP contribution in [-0.2, 0) is 25.7 Å². The second-order valence-corrected chi connectivity index (χ2v) is 9.40. The molecule has 1 N–H and O–H groups in total. The molecule has 5 nitrogen and oxygen atoms in total. The number of fused-ring (bicyclic) bond motifs is 2. The van der Waals surface area contributed by atoms with Gasteiger partial charge in [0, 0.05) is 37.3 Å². The van der Waals surface area contributed by atoms with Crippen molar-refractivity contribution >= 4 is 16.8 Å². The van der Waals surface area contributed by atoms with Gasteiger partial charge in [-0.2, -0.15) is 5.10 Å². The van der Waals surface area contributed by atoms with Crippen LogP contribution in [0.2, 0.25) is 0 Å². The van der Waals surface area contributed by atoms with E-state index < -0.39 is 11.4 Å². The van der Waals surface area contributed by atoms with Crippen LogP contribution in [0.1, 0.15) is 46.5 Å². The summed E-state index contributed by atoms with van der Waals surface area (Å²) in [6, 6.07) is 15.0. The van der Waals surface area contributed by atoms with Crippen LogP contribution in [0.3, 0.4) is 0 Å². The number of halogens is 1. The van der Waals surface area contributed by atoms with Gasteiger partial charge in [-0.3, -0.25) is 9.48 Å². The van der Waals surface area contributed by atoms with Crippen LogP contribution in [0.4, 0.5) is 4.39 Å². The van der Waals surface area contributed by atoms with Crippen LogP contribution in [-0.4, -0.2) is 25.7 Å². The number of hydrogen-bond acceptors (Lipinski definition) is 3. The first kappa shape index (κ1) is 21.3. The molecule has 1 aliphatic rings. The molecule has 5 rings (SSSR count). The number of amides is 1. The predicted octanol–water partition coefficient (Wildman–Crippen LogP) is 5.07. The molecule has 33 heavy (non-hydrogen) atoms. The molecule has 168 valence electrons. The topological polar surface area (TPSA) is 58.4 Å². The smallest absolute Gasteiger partial charge is 0.257 e. The molecule has 0 saturated carbocycles. The molecule has 2 heterocycles. The van der Waals surface area contributed by atoms with Gasteiger partial charge in [0.25, 0.3) is 5.91 Å². The quantitative estimate of drug-likeness (QED) is 0.479. The van der Waals surface area contributed by atoms with Gasteiger partial charge in [0.2, 0.25) is 0 Å². The summed E-state index contributed by atoms with van der Waals surface area (Å²) in [4.78, 5) is 14.4. The molecular weight excluding hydrogens is 417 g/mol. The average molecular weight is 444 g/mol. The Morgan fingerprint density at radius 2 is 1.91 bits per heavy atom. The Kier molecular flexibility index (Phi) is 4.87. The standard InChI is InChI=1S/C27H26FN3O2/c1-16-10-17(20-11-21-13-30(4)29-25(21)22(12-20)27(2,3)33)8-9-18(16)14-31-15-19-6-5-7-23(28)24(19)26(31)32/h5-13,33H,14-15H2,1-4H3. The molecule has 3 aromatic carbocycles. The van der Waals surface area contributed by atoms with Gasteiger partial charge < -0.3 is 10.0 Å². The largest absolute Gasteiger partial charge is 0.386 e. The highest BCUT2D eigenvalue weighted by atomic mass is 19.1. The molecule has 0 radical (unpaired) electrons. The lowest BCUT2D eigenvalue weighted by molar-refractivity contribution is 0.0762. The van der Waals surface area contributed by atoms with Gasteiger partial charge in [0.05, 0.1) is 16.7 Å². The molecule has 1 aliphatic heterocycles. The SMILES string of the molecule is Cc1cc(-c2cc(C(C)(C)O)c3nn(C)cc3c2)ccc1CN1Cc2cccc(F)c2C1=O. The number of carbonyl (C=O) groups excluding carboxylic acids is 1. The lowest BCUT2D eigenvalue weighted by Gasteiger charge is -2.20. The van der Waals surface area contributed by atoms with Crippen molar-refractivity contribution < 1.29 is 14.3 Å². The van der Waals surface area contributed by atoms with Gasteiger partial charge in [0.15, 0.2) is 0 Å². The number of hydrogen-bond donors (Lipinski definition) is 1. The number of aryl methyl sites for hydroxylation is 2. The van der Waals surface area contributed by atoms with E-state index in [-0.39, 0.29) is 11.5 Å². The zero-order valence-corrected chi connectivity index (χ0v) is 19.2. The lowest BCUT2D eigenvalue weighted by Crippen LogP contribution is -2.24. The highest BCUT2D eigenvalue weighted by molar-refractivity contribution is 5.98. The Morgan fingerprint density at radius 3 is 2.61 bits per heavy atom. The van der Waals surface area contributed by atoms with Crippen LogP contribution in [0.15, 0.2) is 54.7 Å². The van der Waals surface area contributed by atoms with Crippen LogP contribution in [0.25, 0.3) is 22.0 Å². The molecule has 0 saturated heterocycles. The van der Waals surface area contributed by atoms with Crippen LogP contribution >= 0.6 is 0 Å². The number of benzene rings is 3. The molecule has 0 bridgehead atoms. The monoisotopic (exact) mass is 443 g/mol. The van der Waals surface area contributed by atoms with Gasteiger partial charge in [-0.25, -0.2) is 4.39 Å². The minimum atomic E-state index is -1.03. The zero-order valence-electron chi connectivity index (χ0n) is 19.2. The van der Waals surface area contributed by atoms with E-state index >= 15 is 0 Å². The summed E-state index contributed by atoms with van der Waals surface area (Å²) in [6.45, 7) is 6.40. The summed E-state index contributed by atoms with van der Waals surface area (Å²) in [7, 11) is 1.87. The Balaban J connectivity index is 1.47. The summed E-state index contributed by atoms with van der Waals surface area (Å²) in [5.41, 5.74) is 5.55. The number of carbonyl (C=O) groups is 1.